The fourth-order valence-electron chi connectivity index (χ4n) is 2.14. The van der Waals surface area contributed by atoms with Gasteiger partial charge >= 0.3 is 0 Å². The summed E-state index contributed by atoms with van der Waals surface area (Å²) in [5.74, 6) is 0.744. The van der Waals surface area contributed by atoms with E-state index in [1.54, 1.807) is 6.07 Å². The maximum Gasteiger partial charge on any atom is 0.138 e. The lowest BCUT2D eigenvalue weighted by atomic mass is 10.0. The molecule has 2 atom stereocenters. The van der Waals surface area contributed by atoms with E-state index in [0.29, 0.717) is 23.6 Å². The van der Waals surface area contributed by atoms with Crippen LogP contribution in [-0.2, 0) is 11.3 Å². The lowest BCUT2D eigenvalue weighted by molar-refractivity contribution is 0.105. The molecule has 0 aromatic heterocycles. The van der Waals surface area contributed by atoms with Crippen LogP contribution in [0.2, 0.25) is 5.02 Å². The average Bonchev–Trinajstić information content (AvgIpc) is 2.71. The quantitative estimate of drug-likeness (QED) is 0.869. The Bertz CT molecular complexity index is 384. The first-order chi connectivity index (χ1) is 8.18. The van der Waals surface area contributed by atoms with Crippen molar-refractivity contribution in [1.29, 1.82) is 0 Å². The van der Waals surface area contributed by atoms with E-state index in [1.807, 2.05) is 12.1 Å². The summed E-state index contributed by atoms with van der Waals surface area (Å²) in [6.45, 7) is 4.51. The third-order valence-electron chi connectivity index (χ3n) is 3.33. The molecule has 1 heterocycles. The minimum atomic E-state index is 0.178. The molecule has 0 saturated carbocycles. The molecular weight excluding hydrogens is 238 g/mol. The van der Waals surface area contributed by atoms with Gasteiger partial charge in [0.2, 0.25) is 0 Å². The fourth-order valence-corrected chi connectivity index (χ4v) is 2.33. The van der Waals surface area contributed by atoms with Gasteiger partial charge in [-0.25, -0.2) is 0 Å². The topological polar surface area (TPSA) is 41.5 Å². The molecule has 17 heavy (non-hydrogen) atoms. The van der Waals surface area contributed by atoms with E-state index < -0.39 is 0 Å². The Kier molecular flexibility index (Phi) is 4.26. The van der Waals surface area contributed by atoms with Crippen LogP contribution in [0.5, 0.6) is 5.75 Å². The van der Waals surface area contributed by atoms with Crippen LogP contribution in [0.25, 0.3) is 0 Å². The summed E-state index contributed by atoms with van der Waals surface area (Å²) in [5.41, 5.74) is 0.837. The third kappa shape index (κ3) is 3.12. The normalized spacial score (nSPS) is 24.1. The van der Waals surface area contributed by atoms with Crippen LogP contribution in [0.1, 0.15) is 18.9 Å². The molecule has 2 rings (SSSR count). The van der Waals surface area contributed by atoms with Crippen molar-refractivity contribution >= 4 is 11.6 Å². The van der Waals surface area contributed by atoms with E-state index in [0.717, 1.165) is 25.1 Å². The first-order valence-electron chi connectivity index (χ1n) is 5.97. The Morgan fingerprint density at radius 1 is 1.53 bits per heavy atom. The highest BCUT2D eigenvalue weighted by molar-refractivity contribution is 6.32. The molecule has 1 aliphatic rings. The summed E-state index contributed by atoms with van der Waals surface area (Å²) in [4.78, 5) is 0. The average molecular weight is 256 g/mol. The molecule has 3 nitrogen and oxygen atoms in total. The SMILES string of the molecule is CC1OCCC1CNCc1cccc(Cl)c1O. The number of phenolic OH excluding ortho intramolecular Hbond substituents is 1. The molecule has 0 aliphatic carbocycles. The number of halogens is 1. The Hall–Kier alpha value is -0.770. The Morgan fingerprint density at radius 3 is 3.06 bits per heavy atom. The lowest BCUT2D eigenvalue weighted by Crippen LogP contribution is -2.26. The summed E-state index contributed by atoms with van der Waals surface area (Å²) in [6, 6.07) is 5.41. The highest BCUT2D eigenvalue weighted by Gasteiger charge is 2.23. The standard InChI is InChI=1S/C13H18ClNO2/c1-9-10(5-6-17-9)7-15-8-11-3-2-4-12(14)13(11)16/h2-4,9-10,15-16H,5-8H2,1H3. The van der Waals surface area contributed by atoms with Gasteiger partial charge in [0.1, 0.15) is 5.75 Å². The van der Waals surface area contributed by atoms with Crippen LogP contribution < -0.4 is 5.32 Å². The number of ether oxygens (including phenoxy) is 1. The third-order valence-corrected chi connectivity index (χ3v) is 3.63. The maximum atomic E-state index is 9.74. The van der Waals surface area contributed by atoms with Gasteiger partial charge in [0.25, 0.3) is 0 Å². The molecule has 0 bridgehead atoms. The number of hydrogen-bond acceptors (Lipinski definition) is 3. The molecular formula is C13H18ClNO2. The van der Waals surface area contributed by atoms with Crippen LogP contribution >= 0.6 is 11.6 Å². The molecule has 94 valence electrons. The predicted molar refractivity (Wildman–Crippen MR) is 68.3 cm³/mol. The summed E-state index contributed by atoms with van der Waals surface area (Å²) >= 11 is 5.85. The number of nitrogens with one attached hydrogen (secondary N) is 1. The first kappa shape index (κ1) is 12.7. The molecule has 4 heteroatoms. The summed E-state index contributed by atoms with van der Waals surface area (Å²) in [6.07, 6.45) is 1.44. The van der Waals surface area contributed by atoms with Gasteiger partial charge in [-0.3, -0.25) is 0 Å². The number of aromatic hydroxyl groups is 1. The lowest BCUT2D eigenvalue weighted by Gasteiger charge is -2.15. The zero-order valence-corrected chi connectivity index (χ0v) is 10.7. The minimum absolute atomic E-state index is 0.178. The Morgan fingerprint density at radius 2 is 2.35 bits per heavy atom. The largest absolute Gasteiger partial charge is 0.506 e. The molecule has 0 amide bonds. The second-order valence-electron chi connectivity index (χ2n) is 4.50. The molecule has 1 saturated heterocycles. The molecule has 1 aromatic carbocycles. The van der Waals surface area contributed by atoms with Gasteiger partial charge in [-0.2, -0.15) is 0 Å². The molecule has 1 aromatic rings. The van der Waals surface area contributed by atoms with Crippen molar-refractivity contribution in [2.75, 3.05) is 13.2 Å². The second kappa shape index (κ2) is 5.71. The summed E-state index contributed by atoms with van der Waals surface area (Å²) in [5, 5.41) is 13.5. The predicted octanol–water partition coefficient (Wildman–Crippen LogP) is 2.56. The van der Waals surface area contributed by atoms with Crippen LogP contribution in [0.3, 0.4) is 0 Å². The van der Waals surface area contributed by atoms with Crippen LogP contribution in [0.15, 0.2) is 18.2 Å². The van der Waals surface area contributed by atoms with Gasteiger partial charge in [-0.05, 0) is 25.3 Å². The van der Waals surface area contributed by atoms with E-state index in [1.165, 1.54) is 0 Å². The van der Waals surface area contributed by atoms with Crippen molar-refractivity contribution in [3.05, 3.63) is 28.8 Å². The summed E-state index contributed by atoms with van der Waals surface area (Å²) < 4.78 is 5.50. The smallest absolute Gasteiger partial charge is 0.138 e. The van der Waals surface area contributed by atoms with Gasteiger partial charge < -0.3 is 15.2 Å². The number of benzene rings is 1. The van der Waals surface area contributed by atoms with Gasteiger partial charge in [0, 0.05) is 25.3 Å². The van der Waals surface area contributed by atoms with E-state index in [4.69, 9.17) is 16.3 Å². The van der Waals surface area contributed by atoms with Gasteiger partial charge in [0.15, 0.2) is 0 Å². The Labute approximate surface area is 107 Å². The Balaban J connectivity index is 1.84. The maximum absolute atomic E-state index is 9.74. The molecule has 0 spiro atoms. The summed E-state index contributed by atoms with van der Waals surface area (Å²) in [7, 11) is 0. The molecule has 1 fully saturated rings. The van der Waals surface area contributed by atoms with Crippen molar-refractivity contribution in [3.8, 4) is 5.75 Å². The van der Waals surface area contributed by atoms with Gasteiger partial charge in [0.05, 0.1) is 11.1 Å². The first-order valence-corrected chi connectivity index (χ1v) is 6.35. The van der Waals surface area contributed by atoms with Crippen molar-refractivity contribution in [3.63, 3.8) is 0 Å². The van der Waals surface area contributed by atoms with Crippen molar-refractivity contribution < 1.29 is 9.84 Å². The minimum Gasteiger partial charge on any atom is -0.506 e. The molecule has 2 N–H and O–H groups in total. The van der Waals surface area contributed by atoms with Crippen molar-refractivity contribution in [2.45, 2.75) is 26.0 Å². The van der Waals surface area contributed by atoms with Gasteiger partial charge in [-0.15, -0.1) is 0 Å². The van der Waals surface area contributed by atoms with Gasteiger partial charge in [-0.1, -0.05) is 23.7 Å². The molecule has 0 radical (unpaired) electrons. The van der Waals surface area contributed by atoms with Crippen LogP contribution in [0, 0.1) is 5.92 Å². The van der Waals surface area contributed by atoms with E-state index in [9.17, 15) is 5.11 Å². The second-order valence-corrected chi connectivity index (χ2v) is 4.91. The highest BCUT2D eigenvalue weighted by Crippen LogP contribution is 2.27. The zero-order valence-electron chi connectivity index (χ0n) is 9.95. The monoisotopic (exact) mass is 255 g/mol. The van der Waals surface area contributed by atoms with Crippen LogP contribution in [-0.4, -0.2) is 24.4 Å². The van der Waals surface area contributed by atoms with Crippen LogP contribution in [0.4, 0.5) is 0 Å². The van der Waals surface area contributed by atoms with Crippen molar-refractivity contribution in [1.82, 2.24) is 5.32 Å². The fraction of sp³-hybridized carbons (Fsp3) is 0.538. The number of hydrogen-bond donors (Lipinski definition) is 2. The van der Waals surface area contributed by atoms with Crippen molar-refractivity contribution in [2.24, 2.45) is 5.92 Å². The molecule has 2 unspecified atom stereocenters. The van der Waals surface area contributed by atoms with E-state index in [-0.39, 0.29) is 5.75 Å². The number of rotatable bonds is 4. The van der Waals surface area contributed by atoms with E-state index in [2.05, 4.69) is 12.2 Å². The van der Waals surface area contributed by atoms with E-state index >= 15 is 0 Å². The number of phenols is 1. The number of para-hydroxylation sites is 1. The highest BCUT2D eigenvalue weighted by atomic mass is 35.5. The zero-order chi connectivity index (χ0) is 12.3. The molecule has 1 aliphatic heterocycles.